The Morgan fingerprint density at radius 2 is 1.61 bits per heavy atom. The Kier molecular flexibility index (Phi) is 6.53. The number of halogens is 7. The van der Waals surface area contributed by atoms with Gasteiger partial charge in [0.15, 0.2) is 0 Å². The van der Waals surface area contributed by atoms with Crippen LogP contribution in [0.3, 0.4) is 0 Å². The summed E-state index contributed by atoms with van der Waals surface area (Å²) in [5, 5.41) is 0. The lowest BCUT2D eigenvalue weighted by Gasteiger charge is -2.15. The van der Waals surface area contributed by atoms with Crippen LogP contribution in [0.2, 0.25) is 0 Å². The Bertz CT molecular complexity index is 387. The fraction of sp³-hybridized carbons (Fsp3) is 0.400. The van der Waals surface area contributed by atoms with E-state index >= 15 is 0 Å². The largest absolute Gasteiger partial charge is 0.389 e. The summed E-state index contributed by atoms with van der Waals surface area (Å²) in [7, 11) is 0. The van der Waals surface area contributed by atoms with E-state index in [1.807, 2.05) is 0 Å². The molecule has 18 heavy (non-hydrogen) atoms. The average Bonchev–Trinajstić information content (AvgIpc) is 2.11. The number of hydrogen-bond acceptors (Lipinski definition) is 1. The van der Waals surface area contributed by atoms with Gasteiger partial charge in [-0.15, -0.1) is 12.4 Å². The third-order valence-electron chi connectivity index (χ3n) is 2.15. The summed E-state index contributed by atoms with van der Waals surface area (Å²) in [4.78, 5) is 0. The van der Waals surface area contributed by atoms with E-state index in [2.05, 4.69) is 15.9 Å². The molecule has 0 radical (unpaired) electrons. The van der Waals surface area contributed by atoms with E-state index < -0.39 is 42.3 Å². The van der Waals surface area contributed by atoms with Crippen LogP contribution < -0.4 is 5.73 Å². The maximum atomic E-state index is 13.4. The monoisotopic (exact) mass is 353 g/mol. The van der Waals surface area contributed by atoms with E-state index in [1.165, 1.54) is 0 Å². The second kappa shape index (κ2) is 6.68. The molecule has 1 rings (SSSR count). The van der Waals surface area contributed by atoms with E-state index in [9.17, 15) is 22.0 Å². The van der Waals surface area contributed by atoms with Gasteiger partial charge in [0, 0.05) is 22.5 Å². The van der Waals surface area contributed by atoms with Crippen LogP contribution in [0.25, 0.3) is 0 Å². The van der Waals surface area contributed by atoms with Gasteiger partial charge in [0.2, 0.25) is 0 Å². The van der Waals surface area contributed by atoms with E-state index in [4.69, 9.17) is 5.73 Å². The van der Waals surface area contributed by atoms with Gasteiger partial charge in [0.1, 0.15) is 11.6 Å². The topological polar surface area (TPSA) is 26.0 Å². The molecule has 0 heterocycles. The number of rotatable bonds is 3. The lowest BCUT2D eigenvalue weighted by Crippen LogP contribution is -2.18. The molecule has 1 aromatic rings. The zero-order valence-electron chi connectivity index (χ0n) is 8.90. The normalized spacial score (nSPS) is 13.1. The highest BCUT2D eigenvalue weighted by Gasteiger charge is 2.29. The number of benzene rings is 1. The van der Waals surface area contributed by atoms with Gasteiger partial charge in [-0.2, -0.15) is 13.2 Å². The van der Waals surface area contributed by atoms with Crippen molar-refractivity contribution in [1.29, 1.82) is 0 Å². The van der Waals surface area contributed by atoms with Crippen molar-refractivity contribution in [2.24, 2.45) is 5.73 Å². The van der Waals surface area contributed by atoms with Crippen LogP contribution in [0.4, 0.5) is 22.0 Å². The predicted molar refractivity (Wildman–Crippen MR) is 63.5 cm³/mol. The highest BCUT2D eigenvalue weighted by molar-refractivity contribution is 9.10. The van der Waals surface area contributed by atoms with Crippen molar-refractivity contribution in [3.63, 3.8) is 0 Å². The molecule has 0 aliphatic rings. The summed E-state index contributed by atoms with van der Waals surface area (Å²) in [5.41, 5.74) is 4.84. The minimum atomic E-state index is -4.39. The number of hydrogen-bond donors (Lipinski definition) is 1. The fourth-order valence-corrected chi connectivity index (χ4v) is 1.77. The maximum Gasteiger partial charge on any atom is 0.389 e. The van der Waals surface area contributed by atoms with E-state index in [1.54, 1.807) is 0 Å². The first kappa shape index (κ1) is 17.6. The summed E-state index contributed by atoms with van der Waals surface area (Å²) in [6, 6.07) is 0.613. The van der Waals surface area contributed by atoms with Crippen molar-refractivity contribution in [3.8, 4) is 0 Å². The molecule has 2 N–H and O–H groups in total. The van der Waals surface area contributed by atoms with E-state index in [-0.39, 0.29) is 16.9 Å². The highest BCUT2D eigenvalue weighted by atomic mass is 79.9. The van der Waals surface area contributed by atoms with Gasteiger partial charge in [-0.1, -0.05) is 15.9 Å². The van der Waals surface area contributed by atoms with Crippen LogP contribution in [0.15, 0.2) is 16.6 Å². The first-order chi connectivity index (χ1) is 7.70. The van der Waals surface area contributed by atoms with E-state index in [0.717, 1.165) is 12.1 Å². The number of nitrogens with two attached hydrogens (primary N) is 1. The molecule has 0 aliphatic heterocycles. The lowest BCUT2D eigenvalue weighted by molar-refractivity contribution is -0.136. The minimum Gasteiger partial charge on any atom is -0.324 e. The molecule has 1 aromatic carbocycles. The van der Waals surface area contributed by atoms with Crippen molar-refractivity contribution in [3.05, 3.63) is 33.8 Å². The third-order valence-corrected chi connectivity index (χ3v) is 2.61. The predicted octanol–water partition coefficient (Wildman–Crippen LogP) is 4.49. The molecule has 8 heteroatoms. The fourth-order valence-electron chi connectivity index (χ4n) is 1.37. The quantitative estimate of drug-likeness (QED) is 0.795. The Labute approximate surface area is 115 Å². The maximum absolute atomic E-state index is 13.4. The van der Waals surface area contributed by atoms with Crippen molar-refractivity contribution >= 4 is 28.3 Å². The van der Waals surface area contributed by atoms with Crippen LogP contribution in [0.5, 0.6) is 0 Å². The second-order valence-corrected chi connectivity index (χ2v) is 4.46. The first-order valence-corrected chi connectivity index (χ1v) is 5.47. The SMILES string of the molecule is Cl.N[C@@H](CCC(F)(F)F)c1c(F)cc(Br)cc1F. The Balaban J connectivity index is 0.00000289. The van der Waals surface area contributed by atoms with Gasteiger partial charge in [-0.05, 0) is 18.6 Å². The highest BCUT2D eigenvalue weighted by Crippen LogP contribution is 2.30. The Hall–Kier alpha value is -0.400. The van der Waals surface area contributed by atoms with Gasteiger partial charge in [-0.3, -0.25) is 0 Å². The molecular formula is C10H10BrClF5N. The molecule has 0 fully saturated rings. The molecule has 1 nitrogen and oxygen atoms in total. The first-order valence-electron chi connectivity index (χ1n) is 4.67. The van der Waals surface area contributed by atoms with Crippen LogP contribution in [0.1, 0.15) is 24.4 Å². The molecular weight excluding hydrogens is 344 g/mol. The minimum absolute atomic E-state index is 0. The third kappa shape index (κ3) is 5.07. The smallest absolute Gasteiger partial charge is 0.324 e. The van der Waals surface area contributed by atoms with E-state index in [0.29, 0.717) is 0 Å². The standard InChI is InChI=1S/C10H9BrF5N.ClH/c11-5-3-6(12)9(7(13)4-5)8(17)1-2-10(14,15)16;/h3-4,8H,1-2,17H2;1H/t8-;/m0./s1. The Morgan fingerprint density at radius 1 is 1.17 bits per heavy atom. The van der Waals surface area contributed by atoms with Crippen molar-refractivity contribution in [1.82, 2.24) is 0 Å². The van der Waals surface area contributed by atoms with Crippen molar-refractivity contribution in [2.45, 2.75) is 25.1 Å². The number of alkyl halides is 3. The zero-order chi connectivity index (χ0) is 13.2. The van der Waals surface area contributed by atoms with Gasteiger partial charge < -0.3 is 5.73 Å². The van der Waals surface area contributed by atoms with Crippen LogP contribution >= 0.6 is 28.3 Å². The molecule has 0 aliphatic carbocycles. The second-order valence-electron chi connectivity index (χ2n) is 3.54. The van der Waals surface area contributed by atoms with Gasteiger partial charge >= 0.3 is 6.18 Å². The molecule has 0 spiro atoms. The van der Waals surface area contributed by atoms with Gasteiger partial charge in [0.25, 0.3) is 0 Å². The molecule has 0 aromatic heterocycles. The molecule has 0 saturated carbocycles. The van der Waals surface area contributed by atoms with Gasteiger partial charge in [0.05, 0.1) is 0 Å². The van der Waals surface area contributed by atoms with Crippen molar-refractivity contribution in [2.75, 3.05) is 0 Å². The average molecular weight is 355 g/mol. The molecule has 104 valence electrons. The Morgan fingerprint density at radius 3 is 2.00 bits per heavy atom. The summed E-state index contributed by atoms with van der Waals surface area (Å²) < 4.78 is 62.7. The zero-order valence-corrected chi connectivity index (χ0v) is 11.3. The summed E-state index contributed by atoms with van der Waals surface area (Å²) in [5.74, 6) is -1.90. The molecule has 0 unspecified atom stereocenters. The summed E-state index contributed by atoms with van der Waals surface area (Å²) in [6.45, 7) is 0. The summed E-state index contributed by atoms with van der Waals surface area (Å²) >= 11 is 2.87. The van der Waals surface area contributed by atoms with Crippen LogP contribution in [0, 0.1) is 11.6 Å². The molecule has 0 bridgehead atoms. The lowest BCUT2D eigenvalue weighted by atomic mass is 10.0. The van der Waals surface area contributed by atoms with Crippen molar-refractivity contribution < 1.29 is 22.0 Å². The van der Waals surface area contributed by atoms with Crippen LogP contribution in [-0.4, -0.2) is 6.18 Å². The van der Waals surface area contributed by atoms with Crippen LogP contribution in [-0.2, 0) is 0 Å². The molecule has 0 saturated heterocycles. The summed E-state index contributed by atoms with van der Waals surface area (Å²) in [6.07, 6.45) is -6.12. The molecule has 1 atom stereocenters. The van der Waals surface area contributed by atoms with Gasteiger partial charge in [-0.25, -0.2) is 8.78 Å². The molecule has 0 amide bonds.